The van der Waals surface area contributed by atoms with Crippen molar-refractivity contribution in [1.82, 2.24) is 9.97 Å². The highest BCUT2D eigenvalue weighted by atomic mass is 79.9. The summed E-state index contributed by atoms with van der Waals surface area (Å²) in [5, 5.41) is 0.951. The highest BCUT2D eigenvalue weighted by molar-refractivity contribution is 9.11. The maximum atomic E-state index is 5.19. The second kappa shape index (κ2) is 3.72. The van der Waals surface area contributed by atoms with Crippen LogP contribution in [-0.4, -0.2) is 9.97 Å². The molecule has 0 radical (unpaired) electrons. The number of aromatic nitrogens is 2. The van der Waals surface area contributed by atoms with Crippen LogP contribution in [0.1, 0.15) is 5.82 Å². The molecule has 2 rings (SSSR count). The summed E-state index contributed by atoms with van der Waals surface area (Å²) in [7, 11) is 0. The Morgan fingerprint density at radius 3 is 2.79 bits per heavy atom. The quantitative estimate of drug-likeness (QED) is 0.734. The first-order chi connectivity index (χ1) is 6.58. The smallest absolute Gasteiger partial charge is 0.137 e. The Kier molecular flexibility index (Phi) is 2.72. The van der Waals surface area contributed by atoms with Gasteiger partial charge in [-0.2, -0.15) is 0 Å². The Morgan fingerprint density at radius 2 is 2.07 bits per heavy atom. The Labute approximate surface area is 103 Å². The van der Waals surface area contributed by atoms with Crippen LogP contribution in [0.25, 0.3) is 10.9 Å². The summed E-state index contributed by atoms with van der Waals surface area (Å²) < 4.78 is 2.60. The Hall–Kier alpha value is -0.260. The molecule has 1 N–H and O–H groups in total. The summed E-state index contributed by atoms with van der Waals surface area (Å²) in [6.45, 7) is 1.89. The Bertz CT molecular complexity index is 562. The molecule has 0 atom stereocenters. The van der Waals surface area contributed by atoms with Gasteiger partial charge in [0.15, 0.2) is 0 Å². The third kappa shape index (κ3) is 1.76. The molecule has 0 unspecified atom stereocenters. The number of hydrogen-bond acceptors (Lipinski definition) is 2. The topological polar surface area (TPSA) is 28.7 Å². The lowest BCUT2D eigenvalue weighted by molar-refractivity contribution is 1.08. The van der Waals surface area contributed by atoms with E-state index in [0.29, 0.717) is 4.64 Å². The average molecular weight is 334 g/mol. The van der Waals surface area contributed by atoms with Gasteiger partial charge >= 0.3 is 0 Å². The molecule has 2 aromatic rings. The van der Waals surface area contributed by atoms with E-state index in [4.69, 9.17) is 12.2 Å². The molecule has 0 saturated heterocycles. The van der Waals surface area contributed by atoms with E-state index in [1.165, 1.54) is 0 Å². The molecule has 1 aromatic carbocycles. The van der Waals surface area contributed by atoms with E-state index < -0.39 is 0 Å². The maximum Gasteiger partial charge on any atom is 0.137 e. The molecule has 0 spiro atoms. The number of aromatic amines is 1. The molecule has 0 aliphatic carbocycles. The van der Waals surface area contributed by atoms with E-state index in [1.54, 1.807) is 0 Å². The molecular weight excluding hydrogens is 328 g/mol. The van der Waals surface area contributed by atoms with Crippen molar-refractivity contribution in [2.45, 2.75) is 6.92 Å². The third-order valence-corrected chi connectivity index (χ3v) is 3.26. The molecule has 0 saturated carbocycles. The zero-order valence-corrected chi connectivity index (χ0v) is 11.3. The summed E-state index contributed by atoms with van der Waals surface area (Å²) in [5.41, 5.74) is 0.991. The lowest BCUT2D eigenvalue weighted by atomic mass is 10.2. The molecule has 5 heteroatoms. The zero-order valence-electron chi connectivity index (χ0n) is 7.27. The molecule has 0 aliphatic rings. The maximum absolute atomic E-state index is 5.19. The number of halogens is 2. The van der Waals surface area contributed by atoms with E-state index in [-0.39, 0.29) is 0 Å². The van der Waals surface area contributed by atoms with Crippen LogP contribution in [0.2, 0.25) is 0 Å². The van der Waals surface area contributed by atoms with Crippen molar-refractivity contribution in [3.8, 4) is 0 Å². The minimum atomic E-state index is 0.623. The van der Waals surface area contributed by atoms with Gasteiger partial charge in [-0.05, 0) is 35.0 Å². The molecule has 0 aliphatic heterocycles. The van der Waals surface area contributed by atoms with Gasteiger partial charge in [-0.25, -0.2) is 4.98 Å². The number of aryl methyl sites for hydroxylation is 1. The fourth-order valence-corrected chi connectivity index (χ4v) is 2.91. The normalized spacial score (nSPS) is 10.8. The molecule has 0 fully saturated rings. The summed E-state index contributed by atoms with van der Waals surface area (Å²) in [4.78, 5) is 7.38. The lowest BCUT2D eigenvalue weighted by Crippen LogP contribution is -1.90. The molecular formula is C9H6Br2N2S. The molecule has 72 valence electrons. The number of H-pyrrole nitrogens is 1. The first kappa shape index (κ1) is 10.3. The standard InChI is InChI=1S/C9H6Br2N2S/c1-4-12-8-6(9(14)13-4)2-5(10)3-7(8)11/h2-3H,1H3,(H,12,13,14). The molecule has 2 nitrogen and oxygen atoms in total. The first-order valence-electron chi connectivity index (χ1n) is 3.93. The molecule has 1 aromatic heterocycles. The number of benzene rings is 1. The monoisotopic (exact) mass is 332 g/mol. The summed E-state index contributed by atoms with van der Waals surface area (Å²) in [5.74, 6) is 0.825. The molecule has 0 amide bonds. The van der Waals surface area contributed by atoms with Crippen LogP contribution in [0.3, 0.4) is 0 Å². The summed E-state index contributed by atoms with van der Waals surface area (Å²) in [6.07, 6.45) is 0. The minimum absolute atomic E-state index is 0.623. The van der Waals surface area contributed by atoms with E-state index in [9.17, 15) is 0 Å². The molecule has 1 heterocycles. The van der Waals surface area contributed by atoms with Crippen LogP contribution in [0.4, 0.5) is 0 Å². The van der Waals surface area contributed by atoms with Gasteiger partial charge < -0.3 is 4.98 Å². The van der Waals surface area contributed by atoms with Gasteiger partial charge in [0.25, 0.3) is 0 Å². The Balaban J connectivity index is 3.02. The number of nitrogens with zero attached hydrogens (tertiary/aromatic N) is 1. The predicted octanol–water partition coefficient (Wildman–Crippen LogP) is 4.13. The van der Waals surface area contributed by atoms with Crippen molar-refractivity contribution < 1.29 is 0 Å². The lowest BCUT2D eigenvalue weighted by Gasteiger charge is -2.03. The fourth-order valence-electron chi connectivity index (χ4n) is 1.29. The van der Waals surface area contributed by atoms with Gasteiger partial charge in [0.2, 0.25) is 0 Å². The van der Waals surface area contributed by atoms with E-state index in [1.807, 2.05) is 19.1 Å². The number of fused-ring (bicyclic) bond motifs is 1. The van der Waals surface area contributed by atoms with Crippen molar-refractivity contribution in [2.75, 3.05) is 0 Å². The fraction of sp³-hybridized carbons (Fsp3) is 0.111. The number of hydrogen-bond donors (Lipinski definition) is 1. The summed E-state index contributed by atoms with van der Waals surface area (Å²) >= 11 is 12.1. The largest absolute Gasteiger partial charge is 0.342 e. The van der Waals surface area contributed by atoms with Gasteiger partial charge in [-0.1, -0.05) is 28.1 Å². The highest BCUT2D eigenvalue weighted by Crippen LogP contribution is 2.27. The van der Waals surface area contributed by atoms with Gasteiger partial charge in [-0.3, -0.25) is 0 Å². The van der Waals surface area contributed by atoms with Crippen molar-refractivity contribution in [2.24, 2.45) is 0 Å². The van der Waals surface area contributed by atoms with Crippen LogP contribution >= 0.6 is 44.1 Å². The van der Waals surface area contributed by atoms with Crippen LogP contribution in [0, 0.1) is 11.6 Å². The van der Waals surface area contributed by atoms with Crippen LogP contribution in [0.5, 0.6) is 0 Å². The van der Waals surface area contributed by atoms with Crippen molar-refractivity contribution in [1.29, 1.82) is 0 Å². The van der Waals surface area contributed by atoms with Gasteiger partial charge in [0.1, 0.15) is 10.5 Å². The van der Waals surface area contributed by atoms with Crippen molar-refractivity contribution >= 4 is 55.0 Å². The van der Waals surface area contributed by atoms with Crippen LogP contribution in [0.15, 0.2) is 21.1 Å². The average Bonchev–Trinajstić information content (AvgIpc) is 2.07. The van der Waals surface area contributed by atoms with Gasteiger partial charge in [0, 0.05) is 14.3 Å². The number of rotatable bonds is 0. The van der Waals surface area contributed by atoms with Gasteiger partial charge in [-0.15, -0.1) is 0 Å². The van der Waals surface area contributed by atoms with Crippen LogP contribution in [-0.2, 0) is 0 Å². The Morgan fingerprint density at radius 1 is 1.36 bits per heavy atom. The van der Waals surface area contributed by atoms with E-state index >= 15 is 0 Å². The van der Waals surface area contributed by atoms with E-state index in [2.05, 4.69) is 41.8 Å². The SMILES string of the molecule is Cc1nc(=S)c2cc(Br)cc(Br)c2[nH]1. The first-order valence-corrected chi connectivity index (χ1v) is 5.93. The second-order valence-corrected chi connectivity index (χ2v) is 5.09. The highest BCUT2D eigenvalue weighted by Gasteiger charge is 2.03. The van der Waals surface area contributed by atoms with Crippen LogP contribution < -0.4 is 0 Å². The van der Waals surface area contributed by atoms with Crippen molar-refractivity contribution in [3.63, 3.8) is 0 Å². The zero-order chi connectivity index (χ0) is 10.3. The number of nitrogens with one attached hydrogen (secondary N) is 1. The minimum Gasteiger partial charge on any atom is -0.342 e. The molecule has 14 heavy (non-hydrogen) atoms. The molecule has 0 bridgehead atoms. The third-order valence-electron chi connectivity index (χ3n) is 1.86. The second-order valence-electron chi connectivity index (χ2n) is 2.94. The predicted molar refractivity (Wildman–Crippen MR) is 67.1 cm³/mol. The van der Waals surface area contributed by atoms with E-state index in [0.717, 1.165) is 25.7 Å². The van der Waals surface area contributed by atoms with Crippen molar-refractivity contribution in [3.05, 3.63) is 31.5 Å². The summed E-state index contributed by atoms with van der Waals surface area (Å²) in [6, 6.07) is 3.94. The van der Waals surface area contributed by atoms with Gasteiger partial charge in [0.05, 0.1) is 5.52 Å².